The molecule has 0 radical (unpaired) electrons. The average molecular weight is 356 g/mol. The van der Waals surface area contributed by atoms with Crippen LogP contribution in [0.2, 0.25) is 0 Å². The number of aromatic nitrogens is 1. The fraction of sp³-hybridized carbons (Fsp3) is 0.429. The number of esters is 2. The second-order valence-corrected chi connectivity index (χ2v) is 5.36. The van der Waals surface area contributed by atoms with Gasteiger partial charge in [0.15, 0.2) is 0 Å². The molecule has 2 rings (SSSR count). The van der Waals surface area contributed by atoms with E-state index < -0.39 is 59.2 Å². The largest absolute Gasteiger partial charge is 0.492 e. The van der Waals surface area contributed by atoms with Crippen LogP contribution in [-0.4, -0.2) is 49.7 Å². The lowest BCUT2D eigenvalue weighted by Crippen LogP contribution is -2.58. The van der Waals surface area contributed by atoms with Crippen molar-refractivity contribution in [2.45, 2.75) is 38.8 Å². The lowest BCUT2D eigenvalue weighted by molar-refractivity contribution is -0.140. The van der Waals surface area contributed by atoms with Gasteiger partial charge in [0.1, 0.15) is 6.04 Å². The Hall–Kier alpha value is -3.24. The molecular formula is C14H16N2O9. The van der Waals surface area contributed by atoms with Crippen LogP contribution in [0.25, 0.3) is 0 Å². The average Bonchev–Trinajstić information content (AvgIpc) is 2.68. The summed E-state index contributed by atoms with van der Waals surface area (Å²) in [6, 6.07) is -1.85. The van der Waals surface area contributed by atoms with Gasteiger partial charge in [-0.25, -0.2) is 0 Å². The summed E-state index contributed by atoms with van der Waals surface area (Å²) in [5.74, 6) is -6.23. The molecule has 1 aliphatic rings. The van der Waals surface area contributed by atoms with Crippen LogP contribution in [0, 0.1) is 0 Å². The minimum atomic E-state index is -1.15. The molecule has 11 nitrogen and oxygen atoms in total. The molecule has 2 unspecified atom stereocenters. The van der Waals surface area contributed by atoms with Gasteiger partial charge in [-0.05, 0) is 6.42 Å². The van der Waals surface area contributed by atoms with Crippen molar-refractivity contribution in [2.24, 2.45) is 0 Å². The van der Waals surface area contributed by atoms with Gasteiger partial charge in [0, 0.05) is 20.3 Å². The van der Waals surface area contributed by atoms with Crippen molar-refractivity contribution in [3.63, 3.8) is 0 Å². The van der Waals surface area contributed by atoms with Gasteiger partial charge in [-0.1, -0.05) is 0 Å². The number of nitrogens with zero attached hydrogens (tertiary/aromatic N) is 1. The van der Waals surface area contributed by atoms with Gasteiger partial charge in [-0.3, -0.25) is 23.7 Å². The van der Waals surface area contributed by atoms with Crippen LogP contribution in [0.3, 0.4) is 0 Å². The number of nitrogens with one attached hydrogen (secondary N) is 1. The third-order valence-corrected chi connectivity index (χ3v) is 3.49. The lowest BCUT2D eigenvalue weighted by atomic mass is 9.94. The first kappa shape index (κ1) is 18.1. The Kier molecular flexibility index (Phi) is 4.86. The number of carbonyl (C=O) groups is 4. The summed E-state index contributed by atoms with van der Waals surface area (Å²) in [5.41, 5.74) is 0. The Balaban J connectivity index is 2.44. The van der Waals surface area contributed by atoms with E-state index in [1.54, 1.807) is 0 Å². The molecule has 11 heteroatoms. The maximum absolute atomic E-state index is 11.8. The number of rotatable bonds is 6. The number of β-lactam (4-membered cyclic amide) rings is 1. The summed E-state index contributed by atoms with van der Waals surface area (Å²) in [6.07, 6.45) is -0.216. The molecule has 2 atom stereocenters. The summed E-state index contributed by atoms with van der Waals surface area (Å²) >= 11 is 0. The predicted octanol–water partition coefficient (Wildman–Crippen LogP) is -0.346. The normalized spacial score (nSPS) is 18.9. The molecule has 4 N–H and O–H groups in total. The highest BCUT2D eigenvalue weighted by Gasteiger charge is 2.45. The molecule has 136 valence electrons. The molecule has 0 aliphatic carbocycles. The Morgan fingerprint density at radius 1 is 1.08 bits per heavy atom. The molecule has 1 saturated heterocycles. The second-order valence-electron chi connectivity index (χ2n) is 5.36. The molecule has 1 amide bonds. The van der Waals surface area contributed by atoms with Crippen LogP contribution in [0.5, 0.6) is 23.3 Å². The number of ether oxygens (including phenoxy) is 2. The molecule has 0 bridgehead atoms. The zero-order valence-electron chi connectivity index (χ0n) is 13.3. The van der Waals surface area contributed by atoms with E-state index in [1.807, 2.05) is 0 Å². The molecule has 0 saturated carbocycles. The predicted molar refractivity (Wildman–Crippen MR) is 78.2 cm³/mol. The monoisotopic (exact) mass is 356 g/mol. The first-order valence-electron chi connectivity index (χ1n) is 7.18. The molecule has 0 spiro atoms. The fourth-order valence-electron chi connectivity index (χ4n) is 2.50. The Morgan fingerprint density at radius 3 is 1.92 bits per heavy atom. The van der Waals surface area contributed by atoms with Crippen molar-refractivity contribution in [3.05, 3.63) is 0 Å². The highest BCUT2D eigenvalue weighted by molar-refractivity contribution is 5.89. The van der Waals surface area contributed by atoms with E-state index in [2.05, 4.69) is 5.32 Å². The summed E-state index contributed by atoms with van der Waals surface area (Å²) < 4.78 is 10.2. The van der Waals surface area contributed by atoms with E-state index in [0.717, 1.165) is 18.4 Å². The summed E-state index contributed by atoms with van der Waals surface area (Å²) in [6.45, 7) is 2.05. The SMILES string of the molecule is CC(=O)Oc1c(OC(C)=O)c(O)n(C2C(=O)NC2CCC(=O)O)c1O. The number of amides is 1. The van der Waals surface area contributed by atoms with Gasteiger partial charge < -0.3 is 30.1 Å². The topological polar surface area (TPSA) is 164 Å². The third kappa shape index (κ3) is 3.49. The molecular weight excluding hydrogens is 340 g/mol. The van der Waals surface area contributed by atoms with Crippen molar-refractivity contribution in [1.82, 2.24) is 9.88 Å². The van der Waals surface area contributed by atoms with Gasteiger partial charge in [0.25, 0.3) is 0 Å². The number of hydrogen-bond donors (Lipinski definition) is 4. The van der Waals surface area contributed by atoms with E-state index in [9.17, 15) is 29.4 Å². The van der Waals surface area contributed by atoms with Gasteiger partial charge >= 0.3 is 17.9 Å². The number of aliphatic carboxylic acids is 1. The van der Waals surface area contributed by atoms with E-state index in [4.69, 9.17) is 14.6 Å². The first-order chi connectivity index (χ1) is 11.6. The van der Waals surface area contributed by atoms with Crippen LogP contribution < -0.4 is 14.8 Å². The number of carboxylic acid groups (broad SMARTS) is 1. The zero-order chi connectivity index (χ0) is 18.9. The van der Waals surface area contributed by atoms with Crippen LogP contribution in [0.15, 0.2) is 0 Å². The van der Waals surface area contributed by atoms with Crippen LogP contribution in [0.4, 0.5) is 0 Å². The van der Waals surface area contributed by atoms with Crippen molar-refractivity contribution in [3.8, 4) is 23.3 Å². The molecule has 0 aromatic carbocycles. The second kappa shape index (κ2) is 6.71. The van der Waals surface area contributed by atoms with E-state index in [1.165, 1.54) is 0 Å². The van der Waals surface area contributed by atoms with E-state index in [-0.39, 0.29) is 12.8 Å². The summed E-state index contributed by atoms with van der Waals surface area (Å²) in [5, 5.41) is 31.7. The van der Waals surface area contributed by atoms with Crippen LogP contribution >= 0.6 is 0 Å². The van der Waals surface area contributed by atoms with E-state index >= 15 is 0 Å². The Labute approximate surface area is 140 Å². The maximum Gasteiger partial charge on any atom is 0.308 e. The Bertz CT molecular complexity index is 712. The number of carbonyl (C=O) groups excluding carboxylic acids is 3. The van der Waals surface area contributed by atoms with Gasteiger partial charge in [0.2, 0.25) is 29.2 Å². The highest BCUT2D eigenvalue weighted by Crippen LogP contribution is 2.50. The minimum Gasteiger partial charge on any atom is -0.492 e. The molecule has 1 fully saturated rings. The molecule has 25 heavy (non-hydrogen) atoms. The first-order valence-corrected chi connectivity index (χ1v) is 7.18. The number of carboxylic acids is 1. The maximum atomic E-state index is 11.8. The van der Waals surface area contributed by atoms with Crippen molar-refractivity contribution >= 4 is 23.8 Å². The smallest absolute Gasteiger partial charge is 0.308 e. The van der Waals surface area contributed by atoms with Gasteiger partial charge in [-0.15, -0.1) is 0 Å². The molecule has 1 aliphatic heterocycles. The van der Waals surface area contributed by atoms with Crippen LogP contribution in [-0.2, 0) is 19.2 Å². The summed E-state index contributed by atoms with van der Waals surface area (Å²) in [4.78, 5) is 44.9. The van der Waals surface area contributed by atoms with Crippen molar-refractivity contribution in [1.29, 1.82) is 0 Å². The molecule has 1 aromatic rings. The van der Waals surface area contributed by atoms with Crippen molar-refractivity contribution in [2.75, 3.05) is 0 Å². The molecule has 1 aromatic heterocycles. The van der Waals surface area contributed by atoms with E-state index in [0.29, 0.717) is 0 Å². The van der Waals surface area contributed by atoms with Crippen LogP contribution in [0.1, 0.15) is 32.7 Å². The molecule has 2 heterocycles. The number of hydrogen-bond acceptors (Lipinski definition) is 8. The standard InChI is InChI=1S/C14H16N2O9/c1-5(17)24-10-11(25-6(2)18)14(23)16(13(10)22)9-7(15-12(9)21)3-4-8(19)20/h7,9,22-23H,3-4H2,1-2H3,(H,15,21)(H,19,20). The van der Waals surface area contributed by atoms with Gasteiger partial charge in [-0.2, -0.15) is 0 Å². The lowest BCUT2D eigenvalue weighted by Gasteiger charge is -2.37. The minimum absolute atomic E-state index is 0.0363. The third-order valence-electron chi connectivity index (χ3n) is 3.49. The zero-order valence-corrected chi connectivity index (χ0v) is 13.3. The van der Waals surface area contributed by atoms with Crippen molar-refractivity contribution < 1.29 is 44.0 Å². The fourth-order valence-corrected chi connectivity index (χ4v) is 2.50. The quantitative estimate of drug-likeness (QED) is 0.394. The van der Waals surface area contributed by atoms with Gasteiger partial charge in [0.05, 0.1) is 6.04 Å². The Morgan fingerprint density at radius 2 is 1.56 bits per heavy atom. The highest BCUT2D eigenvalue weighted by atomic mass is 16.6. The summed E-state index contributed by atoms with van der Waals surface area (Å²) in [7, 11) is 0. The number of aromatic hydroxyl groups is 2.